The Morgan fingerprint density at radius 2 is 1.81 bits per heavy atom. The van der Waals surface area contributed by atoms with Crippen LogP contribution in [0.4, 0.5) is 10.5 Å². The van der Waals surface area contributed by atoms with Gasteiger partial charge >= 0.3 is 6.03 Å². The maximum Gasteiger partial charge on any atom is 0.325 e. The maximum absolute atomic E-state index is 13.4. The molecule has 2 aromatic rings. The molecule has 0 aromatic heterocycles. The summed E-state index contributed by atoms with van der Waals surface area (Å²) in [6, 6.07) is 17.0. The second kappa shape index (κ2) is 9.15. The lowest BCUT2D eigenvalue weighted by molar-refractivity contribution is -0.135. The van der Waals surface area contributed by atoms with E-state index in [1.807, 2.05) is 61.5 Å². The van der Waals surface area contributed by atoms with E-state index in [1.54, 1.807) is 4.90 Å². The molecular weight excluding hydrogens is 402 g/mol. The van der Waals surface area contributed by atoms with Crippen LogP contribution in [-0.4, -0.2) is 34.8 Å². The summed E-state index contributed by atoms with van der Waals surface area (Å²) >= 11 is 0. The molecule has 1 saturated heterocycles. The average Bonchev–Trinajstić information content (AvgIpc) is 3.02. The molecule has 6 heteroatoms. The lowest BCUT2D eigenvalue weighted by Gasteiger charge is -2.34. The van der Waals surface area contributed by atoms with Crippen molar-refractivity contribution in [2.45, 2.75) is 58.0 Å². The molecule has 0 unspecified atom stereocenters. The Kier molecular flexibility index (Phi) is 6.31. The molecular formula is C26H31N3O3. The van der Waals surface area contributed by atoms with Crippen molar-refractivity contribution in [1.82, 2.24) is 10.2 Å². The van der Waals surface area contributed by atoms with Gasteiger partial charge in [0.1, 0.15) is 12.1 Å². The van der Waals surface area contributed by atoms with Crippen molar-refractivity contribution in [3.05, 3.63) is 65.7 Å². The van der Waals surface area contributed by atoms with Crippen LogP contribution in [0.5, 0.6) is 0 Å². The molecule has 4 amide bonds. The minimum atomic E-state index is -0.837. The van der Waals surface area contributed by atoms with Gasteiger partial charge in [-0.25, -0.2) is 4.79 Å². The van der Waals surface area contributed by atoms with E-state index in [9.17, 15) is 14.4 Å². The standard InChI is InChI=1S/C26H31N3O3/c1-3-20-12-14-26(15-13-20)24(31)29(25(32)27-26)18-23(30)28(17-21-9-5-4-6-10-21)22-11-7-8-19(2)16-22/h4-11,16,20H,3,12-15,17-18H2,1-2H3,(H,27,32). The van der Waals surface area contributed by atoms with Crippen molar-refractivity contribution in [3.63, 3.8) is 0 Å². The highest BCUT2D eigenvalue weighted by atomic mass is 16.2. The number of nitrogens with zero attached hydrogens (tertiary/aromatic N) is 2. The number of nitrogens with one attached hydrogen (secondary N) is 1. The van der Waals surface area contributed by atoms with Gasteiger partial charge in [0.2, 0.25) is 5.91 Å². The molecule has 1 aliphatic heterocycles. The molecule has 2 aromatic carbocycles. The molecule has 4 rings (SSSR count). The van der Waals surface area contributed by atoms with Crippen molar-refractivity contribution in [3.8, 4) is 0 Å². The van der Waals surface area contributed by atoms with Crippen LogP contribution in [-0.2, 0) is 16.1 Å². The predicted molar refractivity (Wildman–Crippen MR) is 124 cm³/mol. The van der Waals surface area contributed by atoms with E-state index in [0.717, 1.165) is 41.0 Å². The normalized spacial score (nSPS) is 22.8. The predicted octanol–water partition coefficient (Wildman–Crippen LogP) is 4.42. The maximum atomic E-state index is 13.4. The van der Waals surface area contributed by atoms with Crippen molar-refractivity contribution < 1.29 is 14.4 Å². The molecule has 2 aliphatic rings. The number of imide groups is 1. The molecule has 0 bridgehead atoms. The fourth-order valence-corrected chi connectivity index (χ4v) is 4.84. The Labute approximate surface area is 189 Å². The molecule has 1 heterocycles. The summed E-state index contributed by atoms with van der Waals surface area (Å²) in [7, 11) is 0. The van der Waals surface area contributed by atoms with E-state index in [4.69, 9.17) is 0 Å². The van der Waals surface area contributed by atoms with Crippen LogP contribution in [0.25, 0.3) is 0 Å². The minimum absolute atomic E-state index is 0.255. The van der Waals surface area contributed by atoms with Gasteiger partial charge in [0.25, 0.3) is 5.91 Å². The second-order valence-corrected chi connectivity index (χ2v) is 9.06. The first-order valence-corrected chi connectivity index (χ1v) is 11.5. The van der Waals surface area contributed by atoms with Gasteiger partial charge in [0, 0.05) is 5.69 Å². The molecule has 32 heavy (non-hydrogen) atoms. The third kappa shape index (κ3) is 4.40. The highest BCUT2D eigenvalue weighted by Gasteiger charge is 2.52. The first kappa shape index (κ1) is 22.1. The van der Waals surface area contributed by atoms with E-state index >= 15 is 0 Å². The van der Waals surface area contributed by atoms with Gasteiger partial charge in [0.05, 0.1) is 6.54 Å². The summed E-state index contributed by atoms with van der Waals surface area (Å²) in [4.78, 5) is 42.2. The monoisotopic (exact) mass is 433 g/mol. The zero-order valence-corrected chi connectivity index (χ0v) is 18.8. The molecule has 1 aliphatic carbocycles. The van der Waals surface area contributed by atoms with Gasteiger partial charge in [-0.15, -0.1) is 0 Å². The van der Waals surface area contributed by atoms with Crippen LogP contribution in [0.2, 0.25) is 0 Å². The first-order valence-electron chi connectivity index (χ1n) is 11.5. The third-order valence-corrected chi connectivity index (χ3v) is 6.87. The number of anilines is 1. The van der Waals surface area contributed by atoms with Gasteiger partial charge in [-0.1, -0.05) is 55.8 Å². The molecule has 1 spiro atoms. The molecule has 1 saturated carbocycles. The number of hydrogen-bond donors (Lipinski definition) is 1. The van der Waals surface area contributed by atoms with Crippen LogP contribution in [0, 0.1) is 12.8 Å². The number of rotatable bonds is 6. The summed E-state index contributed by atoms with van der Waals surface area (Å²) in [5, 5.41) is 2.92. The Morgan fingerprint density at radius 1 is 1.09 bits per heavy atom. The summed E-state index contributed by atoms with van der Waals surface area (Å²) < 4.78 is 0. The van der Waals surface area contributed by atoms with Gasteiger partial charge in [-0.05, 0) is 61.8 Å². The fraction of sp³-hybridized carbons (Fsp3) is 0.423. The van der Waals surface area contributed by atoms with Gasteiger partial charge in [0.15, 0.2) is 0 Å². The zero-order valence-electron chi connectivity index (χ0n) is 18.8. The van der Waals surface area contributed by atoms with Crippen LogP contribution in [0.3, 0.4) is 0 Å². The van der Waals surface area contributed by atoms with Gasteiger partial charge < -0.3 is 10.2 Å². The topological polar surface area (TPSA) is 69.7 Å². The van der Waals surface area contributed by atoms with Gasteiger partial charge in [-0.3, -0.25) is 14.5 Å². The highest BCUT2D eigenvalue weighted by molar-refractivity contribution is 6.10. The number of carbonyl (C=O) groups is 3. The summed E-state index contributed by atoms with van der Waals surface area (Å²) in [6.45, 7) is 4.25. The van der Waals surface area contributed by atoms with E-state index in [0.29, 0.717) is 25.3 Å². The smallest absolute Gasteiger partial charge is 0.323 e. The first-order chi connectivity index (χ1) is 15.4. The summed E-state index contributed by atoms with van der Waals surface area (Å²) in [5.41, 5.74) is 1.93. The van der Waals surface area contributed by atoms with Crippen LogP contribution in [0.15, 0.2) is 54.6 Å². The van der Waals surface area contributed by atoms with E-state index < -0.39 is 11.6 Å². The molecule has 2 fully saturated rings. The lowest BCUT2D eigenvalue weighted by atomic mass is 9.75. The number of urea groups is 1. The molecule has 0 radical (unpaired) electrons. The molecule has 168 valence electrons. The van der Waals surface area contributed by atoms with Gasteiger partial charge in [-0.2, -0.15) is 0 Å². The molecule has 1 N–H and O–H groups in total. The van der Waals surface area contributed by atoms with Crippen molar-refractivity contribution in [1.29, 1.82) is 0 Å². The summed E-state index contributed by atoms with van der Waals surface area (Å²) in [6.07, 6.45) is 4.23. The Bertz CT molecular complexity index is 996. The zero-order chi connectivity index (χ0) is 22.7. The van der Waals surface area contributed by atoms with Crippen molar-refractivity contribution in [2.24, 2.45) is 5.92 Å². The summed E-state index contributed by atoms with van der Waals surface area (Å²) in [5.74, 6) is 0.0697. The second-order valence-electron chi connectivity index (χ2n) is 9.06. The number of aryl methyl sites for hydroxylation is 1. The average molecular weight is 434 g/mol. The van der Waals surface area contributed by atoms with E-state index in [2.05, 4.69) is 12.2 Å². The fourth-order valence-electron chi connectivity index (χ4n) is 4.84. The Morgan fingerprint density at radius 3 is 2.47 bits per heavy atom. The number of carbonyl (C=O) groups excluding carboxylic acids is 3. The largest absolute Gasteiger partial charge is 0.325 e. The van der Waals surface area contributed by atoms with Crippen molar-refractivity contribution in [2.75, 3.05) is 11.4 Å². The van der Waals surface area contributed by atoms with Crippen LogP contribution < -0.4 is 10.2 Å². The molecule has 0 atom stereocenters. The lowest BCUT2D eigenvalue weighted by Crippen LogP contribution is -2.50. The van der Waals surface area contributed by atoms with Crippen molar-refractivity contribution >= 4 is 23.5 Å². The van der Waals surface area contributed by atoms with Crippen LogP contribution in [0.1, 0.15) is 50.2 Å². The van der Waals surface area contributed by atoms with E-state index in [1.165, 1.54) is 0 Å². The third-order valence-electron chi connectivity index (χ3n) is 6.87. The van der Waals surface area contributed by atoms with Crippen LogP contribution >= 0.6 is 0 Å². The van der Waals surface area contributed by atoms with E-state index in [-0.39, 0.29) is 18.4 Å². The Balaban J connectivity index is 1.54. The minimum Gasteiger partial charge on any atom is -0.323 e. The SMILES string of the molecule is CCC1CCC2(CC1)NC(=O)N(CC(=O)N(Cc1ccccc1)c1cccc(C)c1)C2=O. The molecule has 6 nitrogen and oxygen atoms in total. The number of hydrogen-bond acceptors (Lipinski definition) is 3. The number of benzene rings is 2. The highest BCUT2D eigenvalue weighted by Crippen LogP contribution is 2.37. The quantitative estimate of drug-likeness (QED) is 0.686. The Hall–Kier alpha value is -3.15. The number of amides is 4.